The van der Waals surface area contributed by atoms with Gasteiger partial charge in [-0.2, -0.15) is 0 Å². The quantitative estimate of drug-likeness (QED) is 0.265. The molecule has 0 N–H and O–H groups in total. The van der Waals surface area contributed by atoms with Gasteiger partial charge >= 0.3 is 0 Å². The van der Waals surface area contributed by atoms with Gasteiger partial charge in [-0.05, 0) is 114 Å². The zero-order valence-corrected chi connectivity index (χ0v) is 30.9. The van der Waals surface area contributed by atoms with Crippen molar-refractivity contribution in [2.24, 2.45) is 10.8 Å². The van der Waals surface area contributed by atoms with Crippen LogP contribution in [0.25, 0.3) is 0 Å². The van der Waals surface area contributed by atoms with Gasteiger partial charge in [0.1, 0.15) is 6.61 Å². The molecule has 46 heavy (non-hydrogen) atoms. The van der Waals surface area contributed by atoms with E-state index < -0.39 is 5.92 Å². The fourth-order valence-corrected chi connectivity index (χ4v) is 9.10. The summed E-state index contributed by atoms with van der Waals surface area (Å²) in [5.41, 5.74) is 8.34. The van der Waals surface area contributed by atoms with Crippen LogP contribution >= 0.6 is 22.6 Å². The Hall–Kier alpha value is -2.61. The summed E-state index contributed by atoms with van der Waals surface area (Å²) in [4.78, 5) is 31.3. The molecule has 1 aliphatic heterocycles. The summed E-state index contributed by atoms with van der Waals surface area (Å²) >= 11 is 2.34. The number of carbonyl (C=O) groups is 2. The van der Waals surface area contributed by atoms with E-state index in [9.17, 15) is 9.59 Å². The molecular weight excluding hydrogens is 685 g/mol. The summed E-state index contributed by atoms with van der Waals surface area (Å²) in [6, 6.07) is 10.9. The molecule has 1 heterocycles. The Balaban J connectivity index is 1.50. The maximum absolute atomic E-state index is 14.4. The predicted octanol–water partition coefficient (Wildman–Crippen LogP) is 9.90. The van der Waals surface area contributed by atoms with Crippen LogP contribution in [-0.2, 0) is 16.2 Å². The Labute approximate surface area is 289 Å². The van der Waals surface area contributed by atoms with Gasteiger partial charge in [-0.1, -0.05) is 65.2 Å². The second-order valence-electron chi connectivity index (χ2n) is 15.7. The number of halogens is 1. The van der Waals surface area contributed by atoms with Crippen molar-refractivity contribution in [3.8, 4) is 11.5 Å². The maximum Gasteiger partial charge on any atom is 0.174 e. The molecule has 0 saturated heterocycles. The summed E-state index contributed by atoms with van der Waals surface area (Å²) in [5.74, 6) is 1.35. The highest BCUT2D eigenvalue weighted by atomic mass is 127. The Kier molecular flexibility index (Phi) is 9.25. The van der Waals surface area contributed by atoms with E-state index >= 15 is 0 Å². The van der Waals surface area contributed by atoms with Gasteiger partial charge in [0.15, 0.2) is 23.1 Å². The van der Waals surface area contributed by atoms with E-state index in [0.717, 1.165) is 51.5 Å². The average Bonchev–Trinajstić information content (AvgIpc) is 2.96. The molecule has 246 valence electrons. The van der Waals surface area contributed by atoms with Crippen molar-refractivity contribution in [2.45, 2.75) is 125 Å². The molecule has 1 saturated carbocycles. The Bertz CT molecular complexity index is 1570. The van der Waals surface area contributed by atoms with Gasteiger partial charge in [0.25, 0.3) is 0 Å². The van der Waals surface area contributed by atoms with Gasteiger partial charge in [0, 0.05) is 47.3 Å². The number of hydrogen-bond donors (Lipinski definition) is 0. The molecule has 2 aromatic carbocycles. The molecule has 0 bridgehead atoms. The summed E-state index contributed by atoms with van der Waals surface area (Å²) < 4.78 is 13.6. The normalized spacial score (nSPS) is 21.8. The zero-order valence-electron chi connectivity index (χ0n) is 28.8. The zero-order chi connectivity index (χ0) is 33.0. The number of Topliss-reactive ketones (excluding diaryl/α,β-unsaturated/α-hetero) is 2. The highest BCUT2D eigenvalue weighted by Gasteiger charge is 2.50. The molecule has 2 aromatic rings. The van der Waals surface area contributed by atoms with Crippen LogP contribution in [0, 0.1) is 28.2 Å². The number of benzene rings is 2. The Morgan fingerprint density at radius 2 is 1.41 bits per heavy atom. The first-order chi connectivity index (χ1) is 21.8. The fraction of sp³-hybridized carbons (Fsp3) is 0.550. The van der Waals surface area contributed by atoms with Crippen LogP contribution in [0.3, 0.4) is 0 Å². The predicted molar refractivity (Wildman–Crippen MR) is 192 cm³/mol. The number of hydrogen-bond acceptors (Lipinski definition) is 5. The van der Waals surface area contributed by atoms with E-state index in [2.05, 4.69) is 99.4 Å². The smallest absolute Gasteiger partial charge is 0.174 e. The third kappa shape index (κ3) is 6.44. The van der Waals surface area contributed by atoms with E-state index in [4.69, 9.17) is 9.47 Å². The van der Waals surface area contributed by atoms with Crippen LogP contribution in [0.2, 0.25) is 0 Å². The lowest BCUT2D eigenvalue weighted by atomic mass is 9.63. The van der Waals surface area contributed by atoms with E-state index in [0.29, 0.717) is 43.6 Å². The first-order valence-electron chi connectivity index (χ1n) is 17.3. The molecule has 6 rings (SSSR count). The molecular formula is C40H50INO4. The fourth-order valence-electron chi connectivity index (χ4n) is 8.32. The SMILES string of the molecule is CCOc1cc(C2C3=C(CC(C)(C)CC3=O)N(C3CCCCC3)C3=C2C(=O)CC(C)(C)C3)cc(I)c1OCc1ccc(C)c(C)c1. The number of aryl methyl sites for hydroxylation is 2. The van der Waals surface area contributed by atoms with Crippen LogP contribution < -0.4 is 9.47 Å². The molecule has 6 heteroatoms. The first-order valence-corrected chi connectivity index (χ1v) is 18.3. The number of ketones is 2. The topological polar surface area (TPSA) is 55.8 Å². The molecule has 5 nitrogen and oxygen atoms in total. The van der Waals surface area contributed by atoms with E-state index in [1.807, 2.05) is 6.92 Å². The number of allylic oxidation sites excluding steroid dienone is 4. The Morgan fingerprint density at radius 3 is 1.98 bits per heavy atom. The molecule has 0 amide bonds. The third-order valence-electron chi connectivity index (χ3n) is 10.5. The second kappa shape index (κ2) is 12.8. The van der Waals surface area contributed by atoms with Gasteiger partial charge in [-0.15, -0.1) is 0 Å². The van der Waals surface area contributed by atoms with E-state index in [1.54, 1.807) is 0 Å². The average molecular weight is 736 g/mol. The van der Waals surface area contributed by atoms with Crippen molar-refractivity contribution in [2.75, 3.05) is 6.61 Å². The van der Waals surface area contributed by atoms with Crippen LogP contribution in [0.1, 0.15) is 121 Å². The lowest BCUT2D eigenvalue weighted by Crippen LogP contribution is -2.48. The van der Waals surface area contributed by atoms with Crippen molar-refractivity contribution in [3.63, 3.8) is 0 Å². The summed E-state index contributed by atoms with van der Waals surface area (Å²) in [5, 5.41) is 0. The van der Waals surface area contributed by atoms with Gasteiger partial charge in [0.05, 0.1) is 10.2 Å². The lowest BCUT2D eigenvalue weighted by molar-refractivity contribution is -0.119. The summed E-state index contributed by atoms with van der Waals surface area (Å²) in [7, 11) is 0. The minimum Gasteiger partial charge on any atom is -0.490 e. The number of nitrogens with zero attached hydrogens (tertiary/aromatic N) is 1. The van der Waals surface area contributed by atoms with Crippen LogP contribution in [-0.4, -0.2) is 29.1 Å². The maximum atomic E-state index is 14.4. The van der Waals surface area contributed by atoms with Crippen molar-refractivity contribution in [3.05, 3.63) is 78.7 Å². The van der Waals surface area contributed by atoms with Gasteiger partial charge < -0.3 is 14.4 Å². The number of rotatable bonds is 7. The first kappa shape index (κ1) is 33.3. The third-order valence-corrected chi connectivity index (χ3v) is 11.3. The van der Waals surface area contributed by atoms with Crippen molar-refractivity contribution >= 4 is 34.2 Å². The molecule has 0 atom stereocenters. The molecule has 0 spiro atoms. The van der Waals surface area contributed by atoms with Crippen LogP contribution in [0.15, 0.2) is 52.9 Å². The van der Waals surface area contributed by atoms with Gasteiger partial charge in [0.2, 0.25) is 0 Å². The molecule has 1 fully saturated rings. The highest BCUT2D eigenvalue weighted by molar-refractivity contribution is 14.1. The molecule has 0 radical (unpaired) electrons. The second-order valence-corrected chi connectivity index (χ2v) is 16.8. The minimum absolute atomic E-state index is 0.128. The Morgan fingerprint density at radius 1 is 0.804 bits per heavy atom. The van der Waals surface area contributed by atoms with Crippen molar-refractivity contribution < 1.29 is 19.1 Å². The lowest BCUT2D eigenvalue weighted by Gasteiger charge is -2.52. The van der Waals surface area contributed by atoms with Gasteiger partial charge in [-0.3, -0.25) is 9.59 Å². The summed E-state index contributed by atoms with van der Waals surface area (Å²) in [6.45, 7) is 16.0. The standard InChI is InChI=1S/C40H50INO4/c1-8-45-34-18-27(17-29(41)38(34)46-23-26-15-14-24(2)25(3)16-26)35-36-30(19-39(4,5)21-32(36)43)42(28-12-10-9-11-13-28)31-20-40(6,7)22-33(44)37(31)35/h14-18,28,35H,8-13,19-23H2,1-7H3. The monoisotopic (exact) mass is 735 g/mol. The van der Waals surface area contributed by atoms with Crippen LogP contribution in [0.4, 0.5) is 0 Å². The largest absolute Gasteiger partial charge is 0.490 e. The molecule has 3 aliphatic carbocycles. The minimum atomic E-state index is -0.390. The highest BCUT2D eigenvalue weighted by Crippen LogP contribution is 2.56. The van der Waals surface area contributed by atoms with Crippen LogP contribution in [0.5, 0.6) is 11.5 Å². The van der Waals surface area contributed by atoms with Gasteiger partial charge in [-0.25, -0.2) is 0 Å². The van der Waals surface area contributed by atoms with E-state index in [1.165, 1.54) is 41.8 Å². The molecule has 0 unspecified atom stereocenters. The van der Waals surface area contributed by atoms with E-state index in [-0.39, 0.29) is 22.4 Å². The number of carbonyl (C=O) groups excluding carboxylic acids is 2. The number of ether oxygens (including phenoxy) is 2. The van der Waals surface area contributed by atoms with Crippen molar-refractivity contribution in [1.82, 2.24) is 4.90 Å². The molecule has 0 aromatic heterocycles. The van der Waals surface area contributed by atoms with Crippen molar-refractivity contribution in [1.29, 1.82) is 0 Å². The molecule has 4 aliphatic rings. The summed E-state index contributed by atoms with van der Waals surface area (Å²) in [6.07, 6.45) is 8.56.